The minimum atomic E-state index is -0.199. The summed E-state index contributed by atoms with van der Waals surface area (Å²) in [4.78, 5) is 16.6. The first-order chi connectivity index (χ1) is 9.09. The highest BCUT2D eigenvalue weighted by Gasteiger charge is 2.29. The van der Waals surface area contributed by atoms with Crippen molar-refractivity contribution < 1.29 is 4.79 Å². The van der Waals surface area contributed by atoms with Crippen molar-refractivity contribution in [3.63, 3.8) is 0 Å². The zero-order chi connectivity index (χ0) is 13.8. The molecule has 1 unspecified atom stereocenters. The van der Waals surface area contributed by atoms with Crippen molar-refractivity contribution in [1.82, 2.24) is 9.80 Å². The van der Waals surface area contributed by atoms with E-state index in [4.69, 9.17) is 5.73 Å². The van der Waals surface area contributed by atoms with E-state index in [0.29, 0.717) is 0 Å². The number of nitrogens with zero attached hydrogens (tertiary/aromatic N) is 2. The standard InChI is InChI=1S/C15H23N3O.2ClH/c1-17(2)14(12-6-4-3-5-7-12)15(19)18-10-8-13(16)9-11-18;;/h3-7,13-14H,8-11,16H2,1-2H3;2*1H. The normalized spacial score (nSPS) is 16.9. The van der Waals surface area contributed by atoms with Gasteiger partial charge in [-0.2, -0.15) is 0 Å². The highest BCUT2D eigenvalue weighted by molar-refractivity contribution is 5.85. The largest absolute Gasteiger partial charge is 0.341 e. The van der Waals surface area contributed by atoms with Gasteiger partial charge in [0, 0.05) is 19.1 Å². The van der Waals surface area contributed by atoms with E-state index >= 15 is 0 Å². The molecule has 0 bridgehead atoms. The lowest BCUT2D eigenvalue weighted by Gasteiger charge is -2.35. The minimum Gasteiger partial charge on any atom is -0.341 e. The molecule has 0 spiro atoms. The number of carbonyl (C=O) groups excluding carboxylic acids is 1. The molecule has 1 atom stereocenters. The van der Waals surface area contributed by atoms with Gasteiger partial charge in [0.2, 0.25) is 5.91 Å². The van der Waals surface area contributed by atoms with Gasteiger partial charge in [0.25, 0.3) is 0 Å². The van der Waals surface area contributed by atoms with Crippen LogP contribution in [0.1, 0.15) is 24.4 Å². The Morgan fingerprint density at radius 1 is 1.19 bits per heavy atom. The molecule has 1 aliphatic heterocycles. The number of rotatable bonds is 3. The molecule has 1 aromatic rings. The van der Waals surface area contributed by atoms with E-state index < -0.39 is 0 Å². The van der Waals surface area contributed by atoms with Gasteiger partial charge in [-0.25, -0.2) is 0 Å². The third-order valence-electron chi connectivity index (χ3n) is 3.72. The molecule has 4 nitrogen and oxygen atoms in total. The molecule has 1 aliphatic rings. The van der Waals surface area contributed by atoms with Crippen molar-refractivity contribution in [3.05, 3.63) is 35.9 Å². The van der Waals surface area contributed by atoms with Crippen molar-refractivity contribution in [2.75, 3.05) is 27.2 Å². The maximum atomic E-state index is 12.7. The van der Waals surface area contributed by atoms with Gasteiger partial charge in [-0.1, -0.05) is 30.3 Å². The molecule has 21 heavy (non-hydrogen) atoms. The summed E-state index contributed by atoms with van der Waals surface area (Å²) < 4.78 is 0. The molecule has 2 N–H and O–H groups in total. The van der Waals surface area contributed by atoms with Gasteiger partial charge in [-0.05, 0) is 32.5 Å². The van der Waals surface area contributed by atoms with Crippen LogP contribution >= 0.6 is 24.8 Å². The van der Waals surface area contributed by atoms with E-state index in [2.05, 4.69) is 0 Å². The van der Waals surface area contributed by atoms with Crippen LogP contribution in [0.15, 0.2) is 30.3 Å². The molecule has 1 fully saturated rings. The number of nitrogens with two attached hydrogens (primary N) is 1. The molecular weight excluding hydrogens is 309 g/mol. The lowest BCUT2D eigenvalue weighted by atomic mass is 10.0. The van der Waals surface area contributed by atoms with Gasteiger partial charge in [0.15, 0.2) is 0 Å². The molecule has 2 rings (SSSR count). The summed E-state index contributed by atoms with van der Waals surface area (Å²) in [6.07, 6.45) is 1.81. The third kappa shape index (κ3) is 5.15. The minimum absolute atomic E-state index is 0. The van der Waals surface area contributed by atoms with Crippen molar-refractivity contribution in [2.45, 2.75) is 24.9 Å². The summed E-state index contributed by atoms with van der Waals surface area (Å²) in [5.41, 5.74) is 6.94. The quantitative estimate of drug-likeness (QED) is 0.921. The zero-order valence-electron chi connectivity index (χ0n) is 12.6. The molecular formula is C15H25Cl2N3O. The number of likely N-dealkylation sites (tertiary alicyclic amines) is 1. The second kappa shape index (κ2) is 9.26. The van der Waals surface area contributed by atoms with Crippen LogP contribution in [0.5, 0.6) is 0 Å². The highest BCUT2D eigenvalue weighted by atomic mass is 35.5. The average Bonchev–Trinajstić information content (AvgIpc) is 2.40. The first kappa shape index (κ1) is 20.2. The summed E-state index contributed by atoms with van der Waals surface area (Å²) in [6.45, 7) is 1.55. The molecule has 0 aliphatic carbocycles. The molecule has 6 heteroatoms. The monoisotopic (exact) mass is 333 g/mol. The summed E-state index contributed by atoms with van der Waals surface area (Å²) in [7, 11) is 3.90. The third-order valence-corrected chi connectivity index (χ3v) is 3.72. The smallest absolute Gasteiger partial charge is 0.244 e. The van der Waals surface area contributed by atoms with Gasteiger partial charge in [-0.3, -0.25) is 9.69 Å². The molecule has 1 heterocycles. The van der Waals surface area contributed by atoms with Gasteiger partial charge in [0.05, 0.1) is 0 Å². The van der Waals surface area contributed by atoms with Crippen LogP contribution in [0.4, 0.5) is 0 Å². The Balaban J connectivity index is 0.00000200. The van der Waals surface area contributed by atoms with E-state index in [1.54, 1.807) is 0 Å². The molecule has 1 amide bonds. The lowest BCUT2D eigenvalue weighted by Crippen LogP contribution is -2.47. The zero-order valence-corrected chi connectivity index (χ0v) is 14.2. The molecule has 0 aromatic heterocycles. The maximum Gasteiger partial charge on any atom is 0.244 e. The highest BCUT2D eigenvalue weighted by Crippen LogP contribution is 2.22. The Morgan fingerprint density at radius 3 is 2.19 bits per heavy atom. The van der Waals surface area contributed by atoms with Crippen LogP contribution in [0, 0.1) is 0 Å². The first-order valence-electron chi connectivity index (χ1n) is 6.85. The lowest BCUT2D eigenvalue weighted by molar-refractivity contribution is -0.137. The van der Waals surface area contributed by atoms with Gasteiger partial charge < -0.3 is 10.6 Å². The Labute approximate surface area is 139 Å². The molecule has 0 radical (unpaired) electrons. The predicted octanol–water partition coefficient (Wildman–Crippen LogP) is 2.08. The van der Waals surface area contributed by atoms with E-state index in [1.165, 1.54) is 0 Å². The van der Waals surface area contributed by atoms with Crippen LogP contribution in [0.2, 0.25) is 0 Å². The SMILES string of the molecule is CN(C)C(C(=O)N1CCC(N)CC1)c1ccccc1.Cl.Cl. The fourth-order valence-corrected chi connectivity index (χ4v) is 2.59. The molecule has 1 aromatic carbocycles. The van der Waals surface area contributed by atoms with Crippen molar-refractivity contribution in [2.24, 2.45) is 5.73 Å². The first-order valence-corrected chi connectivity index (χ1v) is 6.85. The van der Waals surface area contributed by atoms with Gasteiger partial charge in [-0.15, -0.1) is 24.8 Å². The number of amides is 1. The summed E-state index contributed by atoms with van der Waals surface area (Å²) in [5.74, 6) is 0.183. The Morgan fingerprint density at radius 2 is 1.71 bits per heavy atom. The van der Waals surface area contributed by atoms with Gasteiger partial charge in [0.1, 0.15) is 6.04 Å². The number of piperidine rings is 1. The molecule has 120 valence electrons. The van der Waals surface area contributed by atoms with Crippen LogP contribution in [-0.2, 0) is 4.79 Å². The number of halogens is 2. The number of hydrogen-bond acceptors (Lipinski definition) is 3. The average molecular weight is 334 g/mol. The number of hydrogen-bond donors (Lipinski definition) is 1. The molecule has 1 saturated heterocycles. The maximum absolute atomic E-state index is 12.7. The van der Waals surface area contributed by atoms with E-state index in [0.717, 1.165) is 31.5 Å². The van der Waals surface area contributed by atoms with Crippen molar-refractivity contribution in [3.8, 4) is 0 Å². The second-order valence-electron chi connectivity index (χ2n) is 5.44. The van der Waals surface area contributed by atoms with Crippen molar-refractivity contribution in [1.29, 1.82) is 0 Å². The summed E-state index contributed by atoms with van der Waals surface area (Å²) in [6, 6.07) is 10.0. The molecule has 0 saturated carbocycles. The van der Waals surface area contributed by atoms with E-state index in [1.807, 2.05) is 54.2 Å². The predicted molar refractivity (Wildman–Crippen MR) is 91.2 cm³/mol. The van der Waals surface area contributed by atoms with Crippen LogP contribution in [-0.4, -0.2) is 48.9 Å². The van der Waals surface area contributed by atoms with Crippen LogP contribution in [0.3, 0.4) is 0 Å². The summed E-state index contributed by atoms with van der Waals surface area (Å²) >= 11 is 0. The van der Waals surface area contributed by atoms with E-state index in [9.17, 15) is 4.79 Å². The number of carbonyl (C=O) groups is 1. The number of likely N-dealkylation sites (N-methyl/N-ethyl adjacent to an activating group) is 1. The Bertz CT molecular complexity index is 420. The van der Waals surface area contributed by atoms with Gasteiger partial charge >= 0.3 is 0 Å². The van der Waals surface area contributed by atoms with Crippen LogP contribution in [0.25, 0.3) is 0 Å². The fraction of sp³-hybridized carbons (Fsp3) is 0.533. The number of benzene rings is 1. The van der Waals surface area contributed by atoms with E-state index in [-0.39, 0.29) is 42.8 Å². The van der Waals surface area contributed by atoms with Crippen LogP contribution < -0.4 is 5.73 Å². The van der Waals surface area contributed by atoms with Crippen molar-refractivity contribution >= 4 is 30.7 Å². The fourth-order valence-electron chi connectivity index (χ4n) is 2.59. The Kier molecular flexibility index (Phi) is 8.90. The topological polar surface area (TPSA) is 49.6 Å². The Hall–Kier alpha value is -0.810. The second-order valence-corrected chi connectivity index (χ2v) is 5.44. The summed E-state index contributed by atoms with van der Waals surface area (Å²) in [5, 5.41) is 0.